The lowest BCUT2D eigenvalue weighted by Crippen LogP contribution is -2.53. The van der Waals surface area contributed by atoms with Gasteiger partial charge in [-0.05, 0) is 44.0 Å². The second-order valence-corrected chi connectivity index (χ2v) is 5.73. The number of carbonyl (C=O) groups is 3. The number of nitrogens with zero attached hydrogens (tertiary/aromatic N) is 2. The molecule has 24 heavy (non-hydrogen) atoms. The molecule has 0 atom stereocenters. The van der Waals surface area contributed by atoms with Crippen LogP contribution in [0.15, 0.2) is 18.2 Å². The van der Waals surface area contributed by atoms with Crippen molar-refractivity contribution in [3.05, 3.63) is 29.3 Å². The number of hydrogen-bond acceptors (Lipinski definition) is 4. The van der Waals surface area contributed by atoms with E-state index in [-0.39, 0.29) is 6.09 Å². The molecular weight excluding hydrogens is 310 g/mol. The lowest BCUT2D eigenvalue weighted by atomic mass is 10.1. The number of piperazine rings is 1. The van der Waals surface area contributed by atoms with Crippen molar-refractivity contribution in [3.63, 3.8) is 0 Å². The summed E-state index contributed by atoms with van der Waals surface area (Å²) in [6.07, 6.45) is -0.385. The van der Waals surface area contributed by atoms with Gasteiger partial charge in [-0.15, -0.1) is 0 Å². The first-order chi connectivity index (χ1) is 11.4. The number of benzene rings is 1. The molecule has 2 rings (SSSR count). The molecule has 130 valence electrons. The first-order valence-corrected chi connectivity index (χ1v) is 8.01. The fraction of sp³-hybridized carbons (Fsp3) is 0.471. The summed E-state index contributed by atoms with van der Waals surface area (Å²) >= 11 is 0. The van der Waals surface area contributed by atoms with Gasteiger partial charge in [0.1, 0.15) is 0 Å². The van der Waals surface area contributed by atoms with Crippen molar-refractivity contribution in [1.29, 1.82) is 0 Å². The van der Waals surface area contributed by atoms with E-state index in [1.807, 2.05) is 26.0 Å². The highest BCUT2D eigenvalue weighted by molar-refractivity contribution is 6.39. The number of hydrogen-bond donors (Lipinski definition) is 1. The van der Waals surface area contributed by atoms with Gasteiger partial charge in [-0.25, -0.2) is 4.79 Å². The van der Waals surface area contributed by atoms with Gasteiger partial charge >= 0.3 is 17.9 Å². The van der Waals surface area contributed by atoms with E-state index >= 15 is 0 Å². The fourth-order valence-electron chi connectivity index (χ4n) is 2.45. The van der Waals surface area contributed by atoms with Crippen molar-refractivity contribution in [2.24, 2.45) is 0 Å². The van der Waals surface area contributed by atoms with Gasteiger partial charge in [-0.2, -0.15) is 0 Å². The van der Waals surface area contributed by atoms with E-state index in [9.17, 15) is 14.4 Å². The molecule has 1 N–H and O–H groups in total. The SMILES string of the molecule is CCOC(=O)N1CCN(C(=O)C(=O)Nc2ccc(C)c(C)c2)CC1. The highest BCUT2D eigenvalue weighted by atomic mass is 16.6. The molecule has 7 nitrogen and oxygen atoms in total. The van der Waals surface area contributed by atoms with Gasteiger partial charge in [0.05, 0.1) is 6.61 Å². The van der Waals surface area contributed by atoms with Gasteiger partial charge in [0.25, 0.3) is 0 Å². The molecule has 0 unspecified atom stereocenters. The Hall–Kier alpha value is -2.57. The molecule has 1 aliphatic heterocycles. The summed E-state index contributed by atoms with van der Waals surface area (Å²) in [4.78, 5) is 39.0. The number of carbonyl (C=O) groups excluding carboxylic acids is 3. The van der Waals surface area contributed by atoms with Crippen molar-refractivity contribution < 1.29 is 19.1 Å². The average molecular weight is 333 g/mol. The highest BCUT2D eigenvalue weighted by Gasteiger charge is 2.28. The molecule has 0 saturated carbocycles. The van der Waals surface area contributed by atoms with Crippen LogP contribution in [0.1, 0.15) is 18.1 Å². The number of ether oxygens (including phenoxy) is 1. The van der Waals surface area contributed by atoms with E-state index in [0.29, 0.717) is 38.5 Å². The third-order valence-corrected chi connectivity index (χ3v) is 4.05. The van der Waals surface area contributed by atoms with Crippen LogP contribution in [0.3, 0.4) is 0 Å². The van der Waals surface area contributed by atoms with Gasteiger partial charge in [-0.1, -0.05) is 6.07 Å². The Bertz CT molecular complexity index is 637. The first-order valence-electron chi connectivity index (χ1n) is 8.01. The van der Waals surface area contributed by atoms with Gasteiger partial charge in [0, 0.05) is 31.9 Å². The minimum Gasteiger partial charge on any atom is -0.450 e. The molecule has 0 bridgehead atoms. The lowest BCUT2D eigenvalue weighted by Gasteiger charge is -2.33. The Morgan fingerprint density at radius 3 is 2.25 bits per heavy atom. The van der Waals surface area contributed by atoms with Crippen LogP contribution in [0, 0.1) is 13.8 Å². The number of rotatable bonds is 2. The third-order valence-electron chi connectivity index (χ3n) is 4.05. The fourth-order valence-corrected chi connectivity index (χ4v) is 2.45. The van der Waals surface area contributed by atoms with Crippen LogP contribution in [-0.4, -0.2) is 60.5 Å². The monoisotopic (exact) mass is 333 g/mol. The van der Waals surface area contributed by atoms with Crippen LogP contribution >= 0.6 is 0 Å². The zero-order valence-electron chi connectivity index (χ0n) is 14.3. The molecule has 3 amide bonds. The molecule has 7 heteroatoms. The van der Waals surface area contributed by atoms with Gasteiger partial charge in [0.2, 0.25) is 0 Å². The topological polar surface area (TPSA) is 79.0 Å². The summed E-state index contributed by atoms with van der Waals surface area (Å²) in [7, 11) is 0. The summed E-state index contributed by atoms with van der Waals surface area (Å²) in [5.41, 5.74) is 2.76. The molecule has 0 radical (unpaired) electrons. The molecule has 0 aliphatic carbocycles. The molecule has 1 aliphatic rings. The Kier molecular flexibility index (Phi) is 5.78. The zero-order chi connectivity index (χ0) is 17.7. The van der Waals surface area contributed by atoms with E-state index in [1.165, 1.54) is 9.80 Å². The van der Waals surface area contributed by atoms with Gasteiger partial charge in [-0.3, -0.25) is 9.59 Å². The Morgan fingerprint density at radius 1 is 1.04 bits per heavy atom. The molecule has 1 aromatic carbocycles. The normalized spacial score (nSPS) is 14.3. The number of nitrogens with one attached hydrogen (secondary N) is 1. The maximum absolute atomic E-state index is 12.2. The molecule has 0 aromatic heterocycles. The van der Waals surface area contributed by atoms with Gasteiger partial charge in [0.15, 0.2) is 0 Å². The van der Waals surface area contributed by atoms with Crippen molar-refractivity contribution in [3.8, 4) is 0 Å². The van der Waals surface area contributed by atoms with E-state index in [4.69, 9.17) is 4.74 Å². The van der Waals surface area contributed by atoms with Crippen LogP contribution in [0.5, 0.6) is 0 Å². The number of anilines is 1. The first kappa shape index (κ1) is 17.8. The zero-order valence-corrected chi connectivity index (χ0v) is 14.3. The molecule has 1 heterocycles. The van der Waals surface area contributed by atoms with Crippen molar-refractivity contribution in [2.75, 3.05) is 38.1 Å². The van der Waals surface area contributed by atoms with E-state index in [0.717, 1.165) is 11.1 Å². The molecule has 0 spiro atoms. The predicted molar refractivity (Wildman–Crippen MR) is 89.7 cm³/mol. The third kappa shape index (κ3) is 4.24. The second-order valence-electron chi connectivity index (χ2n) is 5.73. The quantitative estimate of drug-likeness (QED) is 0.833. The summed E-state index contributed by atoms with van der Waals surface area (Å²) in [5.74, 6) is -1.25. The molecule has 1 saturated heterocycles. The van der Waals surface area contributed by atoms with Crippen LogP contribution in [0.4, 0.5) is 10.5 Å². The standard InChI is InChI=1S/C17H23N3O4/c1-4-24-17(23)20-9-7-19(8-10-20)16(22)15(21)18-14-6-5-12(2)13(3)11-14/h5-6,11H,4,7-10H2,1-3H3,(H,18,21). The van der Waals surface area contributed by atoms with E-state index in [2.05, 4.69) is 5.32 Å². The predicted octanol–water partition coefficient (Wildman–Crippen LogP) is 1.54. The van der Waals surface area contributed by atoms with Crippen molar-refractivity contribution >= 4 is 23.6 Å². The Labute approximate surface area is 141 Å². The summed E-state index contributed by atoms with van der Waals surface area (Å²) in [5, 5.41) is 2.63. The highest BCUT2D eigenvalue weighted by Crippen LogP contribution is 2.14. The minimum atomic E-state index is -0.664. The minimum absolute atomic E-state index is 0.316. The smallest absolute Gasteiger partial charge is 0.409 e. The van der Waals surface area contributed by atoms with Crippen molar-refractivity contribution in [2.45, 2.75) is 20.8 Å². The maximum atomic E-state index is 12.2. The van der Waals surface area contributed by atoms with Crippen molar-refractivity contribution in [1.82, 2.24) is 9.80 Å². The summed E-state index contributed by atoms with van der Waals surface area (Å²) in [6.45, 7) is 7.35. The van der Waals surface area contributed by atoms with Crippen LogP contribution in [-0.2, 0) is 14.3 Å². The van der Waals surface area contributed by atoms with Crippen LogP contribution < -0.4 is 5.32 Å². The maximum Gasteiger partial charge on any atom is 0.409 e. The largest absolute Gasteiger partial charge is 0.450 e. The van der Waals surface area contributed by atoms with Gasteiger partial charge < -0.3 is 19.9 Å². The number of amides is 3. The molecule has 1 aromatic rings. The van der Waals surface area contributed by atoms with Crippen LogP contribution in [0.2, 0.25) is 0 Å². The number of aryl methyl sites for hydroxylation is 2. The molecule has 1 fully saturated rings. The average Bonchev–Trinajstić information content (AvgIpc) is 2.58. The summed E-state index contributed by atoms with van der Waals surface area (Å²) < 4.78 is 4.93. The second kappa shape index (κ2) is 7.81. The van der Waals surface area contributed by atoms with Crippen LogP contribution in [0.25, 0.3) is 0 Å². The van der Waals surface area contributed by atoms with E-state index in [1.54, 1.807) is 13.0 Å². The molecular formula is C17H23N3O4. The lowest BCUT2D eigenvalue weighted by molar-refractivity contribution is -0.144. The Balaban J connectivity index is 1.89. The summed E-state index contributed by atoms with van der Waals surface area (Å²) in [6, 6.07) is 5.50. The Morgan fingerprint density at radius 2 is 1.67 bits per heavy atom. The van der Waals surface area contributed by atoms with E-state index < -0.39 is 11.8 Å².